The average molecular weight is 658 g/mol. The van der Waals surface area contributed by atoms with Gasteiger partial charge in [-0.15, -0.1) is 0 Å². The molecule has 0 amide bonds. The highest BCUT2D eigenvalue weighted by Gasteiger charge is 2.27. The zero-order valence-corrected chi connectivity index (χ0v) is 28.0. The van der Waals surface area contributed by atoms with Crippen LogP contribution < -0.4 is 10.2 Å². The monoisotopic (exact) mass is 657 g/mol. The topological polar surface area (TPSA) is 29.4 Å². The lowest BCUT2D eigenvalue weighted by molar-refractivity contribution is 0.340. The van der Waals surface area contributed by atoms with E-state index in [1.807, 2.05) is 24.3 Å². The number of hydrogen-bond acceptors (Lipinski definition) is 3. The molecule has 0 radical (unpaired) electrons. The molecule has 1 atom stereocenters. The van der Waals surface area contributed by atoms with E-state index in [0.717, 1.165) is 67.0 Å². The standard InChI is InChI=1S/C47H35N3O/c1-32-15-12-13-28-51-47-38(32)26-24-33(2)40-30-41-39-27-25-35(43-23-14-22-42(48-43)34-16-6-3-7-17-34)29-44(39)49(36-18-8-4-9-19-36)46(41)31-45(40)50(47)37-20-10-5-11-21-37/h3-31,42,48H,1-2H2/b15-12-,26-24-,28-13-,47-38-. The minimum Gasteiger partial charge on any atom is -0.447 e. The number of rotatable bonds is 4. The van der Waals surface area contributed by atoms with Crippen molar-refractivity contribution in [2.45, 2.75) is 6.04 Å². The van der Waals surface area contributed by atoms with Gasteiger partial charge in [-0.3, -0.25) is 4.90 Å². The largest absolute Gasteiger partial charge is 0.447 e. The third-order valence-corrected chi connectivity index (χ3v) is 9.74. The highest BCUT2D eigenvalue weighted by molar-refractivity contribution is 6.12. The zero-order valence-electron chi connectivity index (χ0n) is 28.0. The van der Waals surface area contributed by atoms with Gasteiger partial charge < -0.3 is 14.6 Å². The number of nitrogens with zero attached hydrogens (tertiary/aromatic N) is 2. The van der Waals surface area contributed by atoms with E-state index in [-0.39, 0.29) is 6.04 Å². The van der Waals surface area contributed by atoms with E-state index in [2.05, 4.69) is 174 Å². The van der Waals surface area contributed by atoms with Gasteiger partial charge in [-0.25, -0.2) is 0 Å². The van der Waals surface area contributed by atoms with Crippen molar-refractivity contribution in [1.82, 2.24) is 9.88 Å². The summed E-state index contributed by atoms with van der Waals surface area (Å²) in [6, 6.07) is 43.0. The number of para-hydroxylation sites is 2. The van der Waals surface area contributed by atoms with Crippen LogP contribution in [0.2, 0.25) is 0 Å². The van der Waals surface area contributed by atoms with Crippen LogP contribution in [0, 0.1) is 0 Å². The first-order chi connectivity index (χ1) is 25.1. The van der Waals surface area contributed by atoms with Crippen LogP contribution in [0.5, 0.6) is 0 Å². The Bertz CT molecular complexity index is 2540. The highest BCUT2D eigenvalue weighted by Crippen LogP contribution is 2.45. The molecule has 51 heavy (non-hydrogen) atoms. The van der Waals surface area contributed by atoms with Crippen molar-refractivity contribution in [3.63, 3.8) is 0 Å². The summed E-state index contributed by atoms with van der Waals surface area (Å²) < 4.78 is 8.84. The van der Waals surface area contributed by atoms with E-state index >= 15 is 0 Å². The maximum atomic E-state index is 6.47. The fourth-order valence-electron chi connectivity index (χ4n) is 7.26. The summed E-state index contributed by atoms with van der Waals surface area (Å²) >= 11 is 0. The molecular weight excluding hydrogens is 623 g/mol. The van der Waals surface area contributed by atoms with Crippen molar-refractivity contribution in [3.8, 4) is 5.69 Å². The zero-order chi connectivity index (χ0) is 34.3. The fraction of sp³-hybridized carbons (Fsp3) is 0.0213. The molecule has 5 aromatic carbocycles. The molecule has 4 nitrogen and oxygen atoms in total. The Morgan fingerprint density at radius 2 is 1.35 bits per heavy atom. The van der Waals surface area contributed by atoms with Crippen LogP contribution in [0.3, 0.4) is 0 Å². The summed E-state index contributed by atoms with van der Waals surface area (Å²) in [6.07, 6.45) is 18.2. The Kier molecular flexibility index (Phi) is 7.48. The Morgan fingerprint density at radius 1 is 0.627 bits per heavy atom. The van der Waals surface area contributed by atoms with Crippen LogP contribution >= 0.6 is 0 Å². The number of anilines is 2. The Morgan fingerprint density at radius 3 is 2.14 bits per heavy atom. The lowest BCUT2D eigenvalue weighted by Gasteiger charge is -2.32. The Balaban J connectivity index is 1.29. The van der Waals surface area contributed by atoms with E-state index in [1.165, 1.54) is 10.9 Å². The number of dihydropyridines is 1. The summed E-state index contributed by atoms with van der Waals surface area (Å²) in [7, 11) is 0. The second-order valence-corrected chi connectivity index (χ2v) is 12.9. The van der Waals surface area contributed by atoms with E-state index in [0.29, 0.717) is 5.88 Å². The van der Waals surface area contributed by atoms with Crippen molar-refractivity contribution < 1.29 is 4.74 Å². The predicted octanol–water partition coefficient (Wildman–Crippen LogP) is 11.6. The fourth-order valence-corrected chi connectivity index (χ4v) is 7.26. The first kappa shape index (κ1) is 30.3. The second-order valence-electron chi connectivity index (χ2n) is 12.9. The molecule has 0 aliphatic carbocycles. The number of hydrogen-bond donors (Lipinski definition) is 1. The maximum absolute atomic E-state index is 6.47. The first-order valence-electron chi connectivity index (χ1n) is 17.2. The summed E-state index contributed by atoms with van der Waals surface area (Å²) in [5.41, 5.74) is 12.3. The molecule has 1 N–H and O–H groups in total. The van der Waals surface area contributed by atoms with Crippen molar-refractivity contribution in [2.75, 3.05) is 4.90 Å². The van der Waals surface area contributed by atoms with Crippen LogP contribution in [0.1, 0.15) is 22.7 Å². The Hall–Kier alpha value is -6.78. The van der Waals surface area contributed by atoms with Gasteiger partial charge in [-0.1, -0.05) is 122 Å². The van der Waals surface area contributed by atoms with Crippen molar-refractivity contribution in [3.05, 3.63) is 223 Å². The molecule has 0 fully saturated rings. The minimum absolute atomic E-state index is 0.0978. The molecule has 244 valence electrons. The van der Waals surface area contributed by atoms with Gasteiger partial charge in [-0.05, 0) is 83.0 Å². The minimum atomic E-state index is 0.0978. The van der Waals surface area contributed by atoms with Gasteiger partial charge in [0, 0.05) is 39.0 Å². The van der Waals surface area contributed by atoms with E-state index in [9.17, 15) is 0 Å². The lowest BCUT2D eigenvalue weighted by atomic mass is 9.95. The van der Waals surface area contributed by atoms with Gasteiger partial charge in [0.25, 0.3) is 0 Å². The number of allylic oxidation sites excluding steroid dienone is 10. The number of nitrogens with one attached hydrogen (secondary N) is 1. The van der Waals surface area contributed by atoms with Crippen molar-refractivity contribution in [2.24, 2.45) is 0 Å². The first-order valence-corrected chi connectivity index (χ1v) is 17.2. The SMILES string of the molecule is C=C1/C=C\C=C/O/C2=C1/C=C\C(=C)c1cc3c4ccc(C5=CC=CC(c6ccccc6)N5)cc4n(-c4ccccc4)c3cc1N2c1ccccc1. The number of benzene rings is 5. The molecule has 1 unspecified atom stereocenters. The van der Waals surface area contributed by atoms with Gasteiger partial charge in [0.15, 0.2) is 0 Å². The molecule has 0 saturated carbocycles. The number of ether oxygens (including phenoxy) is 1. The molecule has 0 bridgehead atoms. The maximum Gasteiger partial charge on any atom is 0.212 e. The number of aromatic nitrogens is 1. The molecule has 6 aromatic rings. The average Bonchev–Trinajstić information content (AvgIpc) is 3.49. The molecule has 3 aliphatic heterocycles. The highest BCUT2D eigenvalue weighted by atomic mass is 16.5. The Labute approximate surface area is 297 Å². The van der Waals surface area contributed by atoms with Gasteiger partial charge >= 0.3 is 0 Å². The summed E-state index contributed by atoms with van der Waals surface area (Å²) in [5.74, 6) is 0.678. The molecule has 0 saturated heterocycles. The molecule has 1 aromatic heterocycles. The van der Waals surface area contributed by atoms with Gasteiger partial charge in [0.1, 0.15) is 0 Å². The molecule has 4 heterocycles. The smallest absolute Gasteiger partial charge is 0.212 e. The van der Waals surface area contributed by atoms with Gasteiger partial charge in [0.05, 0.1) is 29.0 Å². The molecular formula is C47H35N3O. The quantitative estimate of drug-likeness (QED) is 0.205. The molecule has 9 rings (SSSR count). The van der Waals surface area contributed by atoms with Crippen LogP contribution in [0.25, 0.3) is 38.8 Å². The van der Waals surface area contributed by atoms with E-state index < -0.39 is 0 Å². The number of fused-ring (bicyclic) bond motifs is 4. The summed E-state index contributed by atoms with van der Waals surface area (Å²) in [4.78, 5) is 2.19. The van der Waals surface area contributed by atoms with Crippen molar-refractivity contribution >= 4 is 44.5 Å². The molecule has 4 heteroatoms. The van der Waals surface area contributed by atoms with Crippen LogP contribution in [0.4, 0.5) is 11.4 Å². The van der Waals surface area contributed by atoms with Crippen LogP contribution in [-0.2, 0) is 4.74 Å². The van der Waals surface area contributed by atoms with E-state index in [1.54, 1.807) is 6.26 Å². The van der Waals surface area contributed by atoms with Crippen LogP contribution in [-0.4, -0.2) is 4.57 Å². The molecule has 3 aliphatic rings. The second kappa shape index (κ2) is 12.6. The van der Waals surface area contributed by atoms with Gasteiger partial charge in [0.2, 0.25) is 5.88 Å². The van der Waals surface area contributed by atoms with Crippen molar-refractivity contribution in [1.29, 1.82) is 0 Å². The normalized spacial score (nSPS) is 20.2. The third kappa shape index (κ3) is 5.34. The van der Waals surface area contributed by atoms with Crippen LogP contribution in [0.15, 0.2) is 206 Å². The molecule has 0 spiro atoms. The predicted molar refractivity (Wildman–Crippen MR) is 213 cm³/mol. The van der Waals surface area contributed by atoms with Gasteiger partial charge in [-0.2, -0.15) is 0 Å². The summed E-state index contributed by atoms with van der Waals surface area (Å²) in [5, 5.41) is 6.09. The summed E-state index contributed by atoms with van der Waals surface area (Å²) in [6.45, 7) is 8.98. The lowest BCUT2D eigenvalue weighted by Crippen LogP contribution is -2.22. The van der Waals surface area contributed by atoms with E-state index in [4.69, 9.17) is 4.74 Å². The third-order valence-electron chi connectivity index (χ3n) is 9.74.